The van der Waals surface area contributed by atoms with Gasteiger partial charge in [-0.25, -0.2) is 0 Å². The van der Waals surface area contributed by atoms with Gasteiger partial charge in [-0.2, -0.15) is 0 Å². The quantitative estimate of drug-likeness (QED) is 0.566. The molecule has 1 aromatic rings. The molecular formula is C13H16N2OS. The molecule has 1 rings (SSSR count). The van der Waals surface area contributed by atoms with Crippen LogP contribution in [0.25, 0.3) is 6.08 Å². The Morgan fingerprint density at radius 2 is 2.24 bits per heavy atom. The molecule has 90 valence electrons. The van der Waals surface area contributed by atoms with Gasteiger partial charge in [-0.05, 0) is 30.5 Å². The fraction of sp³-hybridized carbons (Fsp3) is 0.0769. The molecule has 0 aliphatic rings. The lowest BCUT2D eigenvalue weighted by Crippen LogP contribution is -2.02. The Morgan fingerprint density at radius 3 is 2.71 bits per heavy atom. The summed E-state index contributed by atoms with van der Waals surface area (Å²) < 4.78 is 0. The van der Waals surface area contributed by atoms with E-state index in [1.165, 1.54) is 17.4 Å². The topological polar surface area (TPSA) is 72.3 Å². The fourth-order valence-electron chi connectivity index (χ4n) is 1.27. The van der Waals surface area contributed by atoms with Crippen LogP contribution in [-0.2, 0) is 0 Å². The van der Waals surface area contributed by atoms with Gasteiger partial charge in [0.2, 0.25) is 0 Å². The minimum absolute atomic E-state index is 0.0481. The van der Waals surface area contributed by atoms with Crippen molar-refractivity contribution in [3.8, 4) is 0 Å². The Morgan fingerprint density at radius 1 is 1.53 bits per heavy atom. The molecule has 0 saturated heterocycles. The Balaban J connectivity index is 3.18. The van der Waals surface area contributed by atoms with Crippen molar-refractivity contribution in [3.63, 3.8) is 0 Å². The molecule has 3 nitrogen and oxygen atoms in total. The molecule has 0 aliphatic carbocycles. The van der Waals surface area contributed by atoms with Crippen molar-refractivity contribution in [1.29, 1.82) is 0 Å². The molecular weight excluding hydrogens is 232 g/mol. The van der Waals surface area contributed by atoms with E-state index in [1.807, 2.05) is 18.4 Å². The average Bonchev–Trinajstić information content (AvgIpc) is 2.71. The second-order valence-electron chi connectivity index (χ2n) is 3.34. The Labute approximate surface area is 105 Å². The summed E-state index contributed by atoms with van der Waals surface area (Å²) >= 11 is 1.50. The summed E-state index contributed by atoms with van der Waals surface area (Å²) in [6.45, 7) is 5.36. The van der Waals surface area contributed by atoms with Crippen molar-refractivity contribution in [2.24, 2.45) is 5.73 Å². The minimum Gasteiger partial charge on any atom is -0.507 e. The van der Waals surface area contributed by atoms with Gasteiger partial charge < -0.3 is 16.6 Å². The van der Waals surface area contributed by atoms with Crippen molar-refractivity contribution in [1.82, 2.24) is 0 Å². The first-order valence-electron chi connectivity index (χ1n) is 5.09. The number of nitrogen functional groups attached to an aromatic ring is 1. The molecule has 0 radical (unpaired) electrons. The summed E-state index contributed by atoms with van der Waals surface area (Å²) in [6, 6.07) is 1.82. The normalized spacial score (nSPS) is 13.8. The number of anilines is 1. The van der Waals surface area contributed by atoms with Crippen molar-refractivity contribution < 1.29 is 5.11 Å². The molecule has 17 heavy (non-hydrogen) atoms. The van der Waals surface area contributed by atoms with Gasteiger partial charge in [0.25, 0.3) is 0 Å². The Bertz CT molecular complexity index is 495. The standard InChI is InChI=1S/C13H16N2OS/c1-3-5-9(12(16)4-2)11(15)8-13-10(14)6-7-17-13/h3-8,16H,2,14-15H2,1H3/b5-3-,11-8-,12-9-. The molecule has 0 unspecified atom stereocenters. The Hall–Kier alpha value is -1.94. The predicted molar refractivity (Wildman–Crippen MR) is 75.6 cm³/mol. The minimum atomic E-state index is 0.0481. The number of rotatable bonds is 4. The van der Waals surface area contributed by atoms with Gasteiger partial charge in [-0.15, -0.1) is 11.3 Å². The van der Waals surface area contributed by atoms with E-state index in [9.17, 15) is 5.11 Å². The van der Waals surface area contributed by atoms with E-state index in [4.69, 9.17) is 11.5 Å². The number of aliphatic hydroxyl groups excluding tert-OH is 1. The lowest BCUT2D eigenvalue weighted by atomic mass is 10.1. The van der Waals surface area contributed by atoms with E-state index >= 15 is 0 Å². The second-order valence-corrected chi connectivity index (χ2v) is 4.29. The molecule has 0 spiro atoms. The molecule has 1 heterocycles. The van der Waals surface area contributed by atoms with Crippen LogP contribution in [0, 0.1) is 0 Å². The number of thiophene rings is 1. The van der Waals surface area contributed by atoms with E-state index < -0.39 is 0 Å². The van der Waals surface area contributed by atoms with Crippen molar-refractivity contribution in [2.45, 2.75) is 6.92 Å². The van der Waals surface area contributed by atoms with Crippen LogP contribution < -0.4 is 11.5 Å². The number of aliphatic hydroxyl groups is 1. The van der Waals surface area contributed by atoms with Crippen molar-refractivity contribution >= 4 is 23.1 Å². The predicted octanol–water partition coefficient (Wildman–Crippen LogP) is 3.20. The van der Waals surface area contributed by atoms with Crippen LogP contribution in [0.15, 0.2) is 53.3 Å². The number of hydrogen-bond acceptors (Lipinski definition) is 4. The van der Waals surface area contributed by atoms with Gasteiger partial charge in [-0.1, -0.05) is 18.7 Å². The van der Waals surface area contributed by atoms with E-state index in [2.05, 4.69) is 6.58 Å². The molecule has 0 aliphatic heterocycles. The van der Waals surface area contributed by atoms with E-state index in [1.54, 1.807) is 18.2 Å². The third kappa shape index (κ3) is 3.26. The van der Waals surface area contributed by atoms with Gasteiger partial charge >= 0.3 is 0 Å². The molecule has 5 N–H and O–H groups in total. The van der Waals surface area contributed by atoms with E-state index in [0.717, 1.165) is 4.88 Å². The molecule has 4 heteroatoms. The highest BCUT2D eigenvalue weighted by Gasteiger charge is 2.05. The summed E-state index contributed by atoms with van der Waals surface area (Å²) in [5, 5.41) is 11.6. The molecule has 0 aromatic carbocycles. The SMILES string of the molecule is C=C/C(O)=C(\C=C/C)C(/N)=C/c1sccc1N. The zero-order valence-corrected chi connectivity index (χ0v) is 10.5. The van der Waals surface area contributed by atoms with E-state index in [-0.39, 0.29) is 5.76 Å². The highest BCUT2D eigenvalue weighted by molar-refractivity contribution is 7.11. The van der Waals surface area contributed by atoms with Gasteiger partial charge in [0.05, 0.1) is 4.88 Å². The third-order valence-electron chi connectivity index (χ3n) is 2.13. The zero-order chi connectivity index (χ0) is 12.8. The maximum absolute atomic E-state index is 9.68. The lowest BCUT2D eigenvalue weighted by molar-refractivity contribution is 0.429. The first-order valence-corrected chi connectivity index (χ1v) is 5.97. The van der Waals surface area contributed by atoms with Crippen LogP contribution in [0.4, 0.5) is 5.69 Å². The lowest BCUT2D eigenvalue weighted by Gasteiger charge is -2.04. The van der Waals surface area contributed by atoms with Gasteiger partial charge in [-0.3, -0.25) is 0 Å². The molecule has 0 saturated carbocycles. The summed E-state index contributed by atoms with van der Waals surface area (Å²) in [4.78, 5) is 0.876. The first kappa shape index (κ1) is 13.1. The number of hydrogen-bond donors (Lipinski definition) is 3. The summed E-state index contributed by atoms with van der Waals surface area (Å²) in [6.07, 6.45) is 6.63. The number of allylic oxidation sites excluding steroid dienone is 3. The largest absolute Gasteiger partial charge is 0.507 e. The second kappa shape index (κ2) is 5.96. The summed E-state index contributed by atoms with van der Waals surface area (Å²) in [7, 11) is 0. The Kier molecular flexibility index (Phi) is 4.60. The average molecular weight is 248 g/mol. The van der Waals surface area contributed by atoms with Gasteiger partial charge in [0.15, 0.2) is 0 Å². The highest BCUT2D eigenvalue weighted by Crippen LogP contribution is 2.23. The van der Waals surface area contributed by atoms with E-state index in [0.29, 0.717) is 17.0 Å². The smallest absolute Gasteiger partial charge is 0.124 e. The molecule has 1 aromatic heterocycles. The molecule has 0 amide bonds. The molecule has 0 atom stereocenters. The monoisotopic (exact) mass is 248 g/mol. The van der Waals surface area contributed by atoms with Gasteiger partial charge in [0.1, 0.15) is 5.76 Å². The van der Waals surface area contributed by atoms with Crippen LogP contribution in [0.1, 0.15) is 11.8 Å². The molecule has 0 fully saturated rings. The summed E-state index contributed by atoms with van der Waals surface area (Å²) in [5.41, 5.74) is 13.4. The van der Waals surface area contributed by atoms with Crippen LogP contribution in [0.2, 0.25) is 0 Å². The van der Waals surface area contributed by atoms with Crippen LogP contribution >= 0.6 is 11.3 Å². The fourth-order valence-corrected chi connectivity index (χ4v) is 2.03. The maximum atomic E-state index is 9.68. The number of nitrogens with two attached hydrogens (primary N) is 2. The van der Waals surface area contributed by atoms with Crippen LogP contribution in [0.5, 0.6) is 0 Å². The van der Waals surface area contributed by atoms with Gasteiger partial charge in [0, 0.05) is 17.0 Å². The molecule has 0 bridgehead atoms. The van der Waals surface area contributed by atoms with Crippen molar-refractivity contribution in [2.75, 3.05) is 5.73 Å². The van der Waals surface area contributed by atoms with Crippen LogP contribution in [-0.4, -0.2) is 5.11 Å². The zero-order valence-electron chi connectivity index (χ0n) is 9.68. The highest BCUT2D eigenvalue weighted by atomic mass is 32.1. The first-order chi connectivity index (χ1) is 8.10. The summed E-state index contributed by atoms with van der Waals surface area (Å²) in [5.74, 6) is 0.0481. The van der Waals surface area contributed by atoms with Crippen molar-refractivity contribution in [3.05, 3.63) is 58.2 Å². The maximum Gasteiger partial charge on any atom is 0.124 e. The van der Waals surface area contributed by atoms with Crippen LogP contribution in [0.3, 0.4) is 0 Å². The third-order valence-corrected chi connectivity index (χ3v) is 3.01.